The second kappa shape index (κ2) is 7.20. The van der Waals surface area contributed by atoms with E-state index in [1.54, 1.807) is 11.3 Å². The topological polar surface area (TPSA) is 12.0 Å². The van der Waals surface area contributed by atoms with Gasteiger partial charge in [-0.3, -0.25) is 0 Å². The largest absolute Gasteiger partial charge is 0.310 e. The number of hydrogen-bond acceptors (Lipinski definition) is 3. The van der Waals surface area contributed by atoms with Crippen LogP contribution in [-0.4, -0.2) is 6.54 Å². The Hall–Kier alpha value is 0.320. The zero-order valence-electron chi connectivity index (χ0n) is 10.1. The van der Waals surface area contributed by atoms with Crippen LogP contribution >= 0.6 is 54.5 Å². The lowest BCUT2D eigenvalue weighted by Gasteiger charge is -2.15. The fourth-order valence-corrected chi connectivity index (χ4v) is 4.78. The molecule has 0 saturated heterocycles. The third-order valence-corrected chi connectivity index (χ3v) is 6.86. The van der Waals surface area contributed by atoms with E-state index in [0.717, 1.165) is 23.9 Å². The highest BCUT2D eigenvalue weighted by molar-refractivity contribution is 9.13. The van der Waals surface area contributed by atoms with E-state index < -0.39 is 0 Å². The average molecular weight is 409 g/mol. The molecular formula is C13H15Br2NS2. The molecule has 18 heavy (non-hydrogen) atoms. The zero-order valence-corrected chi connectivity index (χ0v) is 14.9. The van der Waals surface area contributed by atoms with E-state index in [0.29, 0.717) is 6.04 Å². The van der Waals surface area contributed by atoms with E-state index in [1.165, 1.54) is 14.2 Å². The number of hydrogen-bond donors (Lipinski definition) is 1. The van der Waals surface area contributed by atoms with Crippen molar-refractivity contribution < 1.29 is 0 Å². The third-order valence-electron chi connectivity index (χ3n) is 2.76. The van der Waals surface area contributed by atoms with Gasteiger partial charge in [0.15, 0.2) is 0 Å². The highest BCUT2D eigenvalue weighted by Crippen LogP contribution is 2.36. The highest BCUT2D eigenvalue weighted by atomic mass is 79.9. The van der Waals surface area contributed by atoms with Crippen molar-refractivity contribution in [3.8, 4) is 0 Å². The Morgan fingerprint density at radius 1 is 1.39 bits per heavy atom. The van der Waals surface area contributed by atoms with Gasteiger partial charge in [-0.05, 0) is 79.7 Å². The molecular weight excluding hydrogens is 394 g/mol. The maximum Gasteiger partial charge on any atom is 0.0843 e. The molecule has 1 atom stereocenters. The maximum absolute atomic E-state index is 3.57. The number of halogens is 2. The molecule has 2 aromatic heterocycles. The first-order chi connectivity index (χ1) is 8.70. The second-order valence-corrected chi connectivity index (χ2v) is 8.09. The number of nitrogens with one attached hydrogen (secondary N) is 1. The van der Waals surface area contributed by atoms with Crippen molar-refractivity contribution in [1.29, 1.82) is 0 Å². The standard InChI is InChI=1S/C13H15Br2NS2/c1-2-16-11(4-3-9-5-6-17-8-9)12-7-10(14)13(15)18-12/h5-8,11,16H,2-4H2,1H3. The molecule has 0 aromatic carbocycles. The van der Waals surface area contributed by atoms with Crippen molar-refractivity contribution in [2.24, 2.45) is 0 Å². The summed E-state index contributed by atoms with van der Waals surface area (Å²) in [6.45, 7) is 3.16. The van der Waals surface area contributed by atoms with Crippen molar-refractivity contribution in [3.63, 3.8) is 0 Å². The Labute approximate surface area is 133 Å². The Morgan fingerprint density at radius 3 is 2.78 bits per heavy atom. The zero-order chi connectivity index (χ0) is 13.0. The van der Waals surface area contributed by atoms with Crippen molar-refractivity contribution in [1.82, 2.24) is 5.32 Å². The molecule has 2 heterocycles. The van der Waals surface area contributed by atoms with Gasteiger partial charge in [-0.15, -0.1) is 11.3 Å². The monoisotopic (exact) mass is 407 g/mol. The Balaban J connectivity index is 2.03. The van der Waals surface area contributed by atoms with Gasteiger partial charge in [0, 0.05) is 15.4 Å². The van der Waals surface area contributed by atoms with Crippen molar-refractivity contribution >= 4 is 54.5 Å². The number of rotatable bonds is 6. The van der Waals surface area contributed by atoms with Crippen LogP contribution in [0.25, 0.3) is 0 Å². The second-order valence-electron chi connectivity index (χ2n) is 4.05. The molecule has 1 N–H and O–H groups in total. The summed E-state index contributed by atoms with van der Waals surface area (Å²) < 4.78 is 2.33. The molecule has 5 heteroatoms. The summed E-state index contributed by atoms with van der Waals surface area (Å²) in [4.78, 5) is 1.39. The number of aryl methyl sites for hydroxylation is 1. The van der Waals surface area contributed by atoms with Gasteiger partial charge in [-0.2, -0.15) is 11.3 Å². The summed E-state index contributed by atoms with van der Waals surface area (Å²) in [6, 6.07) is 4.88. The predicted molar refractivity (Wildman–Crippen MR) is 88.8 cm³/mol. The van der Waals surface area contributed by atoms with Gasteiger partial charge in [0.05, 0.1) is 3.79 Å². The van der Waals surface area contributed by atoms with Crippen molar-refractivity contribution in [2.75, 3.05) is 6.54 Å². The van der Waals surface area contributed by atoms with Gasteiger partial charge in [0.25, 0.3) is 0 Å². The lowest BCUT2D eigenvalue weighted by molar-refractivity contribution is 0.523. The molecule has 98 valence electrons. The molecule has 0 bridgehead atoms. The van der Waals surface area contributed by atoms with Crippen LogP contribution in [0.4, 0.5) is 0 Å². The molecule has 0 aliphatic heterocycles. The van der Waals surface area contributed by atoms with Gasteiger partial charge in [0.1, 0.15) is 0 Å². The minimum absolute atomic E-state index is 0.447. The molecule has 2 aromatic rings. The molecule has 0 aliphatic rings. The van der Waals surface area contributed by atoms with E-state index in [2.05, 4.69) is 67.0 Å². The van der Waals surface area contributed by atoms with Crippen LogP contribution in [0.1, 0.15) is 29.8 Å². The normalized spacial score (nSPS) is 12.8. The summed E-state index contributed by atoms with van der Waals surface area (Å²) in [5.41, 5.74) is 1.44. The van der Waals surface area contributed by atoms with Gasteiger partial charge in [0.2, 0.25) is 0 Å². The molecule has 0 fully saturated rings. The molecule has 2 rings (SSSR count). The van der Waals surface area contributed by atoms with Crippen LogP contribution < -0.4 is 5.32 Å². The van der Waals surface area contributed by atoms with E-state index in [9.17, 15) is 0 Å². The minimum Gasteiger partial charge on any atom is -0.310 e. The van der Waals surface area contributed by atoms with Crippen LogP contribution in [-0.2, 0) is 6.42 Å². The van der Waals surface area contributed by atoms with Gasteiger partial charge >= 0.3 is 0 Å². The van der Waals surface area contributed by atoms with E-state index >= 15 is 0 Å². The average Bonchev–Trinajstić information content (AvgIpc) is 2.96. The van der Waals surface area contributed by atoms with Crippen molar-refractivity contribution in [2.45, 2.75) is 25.8 Å². The lowest BCUT2D eigenvalue weighted by atomic mass is 10.1. The summed E-state index contributed by atoms with van der Waals surface area (Å²) in [6.07, 6.45) is 2.28. The summed E-state index contributed by atoms with van der Waals surface area (Å²) >= 11 is 10.7. The fourth-order valence-electron chi connectivity index (χ4n) is 1.87. The van der Waals surface area contributed by atoms with E-state index in [1.807, 2.05) is 11.3 Å². The van der Waals surface area contributed by atoms with E-state index in [4.69, 9.17) is 0 Å². The maximum atomic E-state index is 3.57. The van der Waals surface area contributed by atoms with Crippen LogP contribution in [0.2, 0.25) is 0 Å². The summed E-state index contributed by atoms with van der Waals surface area (Å²) in [5.74, 6) is 0. The fraction of sp³-hybridized carbons (Fsp3) is 0.385. The highest BCUT2D eigenvalue weighted by Gasteiger charge is 2.15. The SMILES string of the molecule is CCNC(CCc1ccsc1)c1cc(Br)c(Br)s1. The molecule has 0 radical (unpaired) electrons. The molecule has 0 spiro atoms. The van der Waals surface area contributed by atoms with Gasteiger partial charge in [-0.1, -0.05) is 6.92 Å². The molecule has 0 aliphatic carbocycles. The molecule has 1 unspecified atom stereocenters. The quantitative estimate of drug-likeness (QED) is 0.654. The Morgan fingerprint density at radius 2 is 2.22 bits per heavy atom. The van der Waals surface area contributed by atoms with Gasteiger partial charge in [-0.25, -0.2) is 0 Å². The van der Waals surface area contributed by atoms with E-state index in [-0.39, 0.29) is 0 Å². The molecule has 0 saturated carbocycles. The Bertz CT molecular complexity index is 460. The van der Waals surface area contributed by atoms with Crippen molar-refractivity contribution in [3.05, 3.63) is 41.6 Å². The lowest BCUT2D eigenvalue weighted by Crippen LogP contribution is -2.20. The van der Waals surface area contributed by atoms with Crippen LogP contribution in [0, 0.1) is 0 Å². The first kappa shape index (κ1) is 14.7. The Kier molecular flexibility index (Phi) is 5.89. The smallest absolute Gasteiger partial charge is 0.0843 e. The van der Waals surface area contributed by atoms with Crippen LogP contribution in [0.15, 0.2) is 31.2 Å². The first-order valence-electron chi connectivity index (χ1n) is 5.90. The van der Waals surface area contributed by atoms with Crippen LogP contribution in [0.3, 0.4) is 0 Å². The summed E-state index contributed by atoms with van der Waals surface area (Å²) in [7, 11) is 0. The molecule has 1 nitrogen and oxygen atoms in total. The number of thiophene rings is 2. The molecule has 0 amide bonds. The third kappa shape index (κ3) is 3.90. The first-order valence-corrected chi connectivity index (χ1v) is 9.24. The predicted octanol–water partition coefficient (Wildman–Crippen LogP) is 5.62. The summed E-state index contributed by atoms with van der Waals surface area (Å²) in [5, 5.41) is 7.96. The minimum atomic E-state index is 0.447. The van der Waals surface area contributed by atoms with Gasteiger partial charge < -0.3 is 5.32 Å². The van der Waals surface area contributed by atoms with Crippen LogP contribution in [0.5, 0.6) is 0 Å².